The number of nitrogens with one attached hydrogen (secondary N) is 1. The number of carbonyl (C=O) groups is 1. The highest BCUT2D eigenvalue weighted by atomic mass is 16.5. The van der Waals surface area contributed by atoms with E-state index in [0.29, 0.717) is 12.6 Å². The highest BCUT2D eigenvalue weighted by molar-refractivity contribution is 5.92. The van der Waals surface area contributed by atoms with Gasteiger partial charge in [-0.1, -0.05) is 6.07 Å². The van der Waals surface area contributed by atoms with Gasteiger partial charge < -0.3 is 15.0 Å². The number of hydrogen-bond acceptors (Lipinski definition) is 6. The van der Waals surface area contributed by atoms with Gasteiger partial charge in [0.15, 0.2) is 0 Å². The number of anilines is 2. The predicted octanol–water partition coefficient (Wildman–Crippen LogP) is 2.33. The van der Waals surface area contributed by atoms with Gasteiger partial charge in [-0.05, 0) is 37.5 Å². The maximum absolute atomic E-state index is 12.3. The topological polar surface area (TPSA) is 70.6 Å². The van der Waals surface area contributed by atoms with Crippen molar-refractivity contribution < 1.29 is 9.53 Å². The molecule has 1 saturated heterocycles. The number of nitrogens with zero attached hydrogens (tertiary/aromatic N) is 4. The average molecular weight is 369 g/mol. The minimum Gasteiger partial charge on any atom is -0.497 e. The standard InChI is InChI=1S/C20H27N5O2/c1-15-12-21-20(22-13-15)24(2)17-7-9-25(10-8-17)14-19(26)23-16-5-4-6-18(11-16)27-3/h4-6,11-13,17H,7-10,14H2,1-3H3,(H,23,26). The lowest BCUT2D eigenvalue weighted by atomic mass is 10.0. The third-order valence-corrected chi connectivity index (χ3v) is 4.91. The van der Waals surface area contributed by atoms with Gasteiger partial charge in [0, 0.05) is 50.3 Å². The van der Waals surface area contributed by atoms with E-state index < -0.39 is 0 Å². The molecule has 1 aromatic carbocycles. The van der Waals surface area contributed by atoms with Crippen molar-refractivity contribution in [2.75, 3.05) is 44.0 Å². The fraction of sp³-hybridized carbons (Fsp3) is 0.450. The summed E-state index contributed by atoms with van der Waals surface area (Å²) in [7, 11) is 3.66. The Hall–Kier alpha value is -2.67. The molecule has 1 aromatic heterocycles. The van der Waals surface area contributed by atoms with E-state index in [1.54, 1.807) is 7.11 Å². The predicted molar refractivity (Wildman–Crippen MR) is 106 cm³/mol. The summed E-state index contributed by atoms with van der Waals surface area (Å²) in [6, 6.07) is 7.80. The zero-order valence-corrected chi connectivity index (χ0v) is 16.2. The number of piperidine rings is 1. The van der Waals surface area contributed by atoms with Crippen LogP contribution in [-0.4, -0.2) is 60.6 Å². The molecule has 0 radical (unpaired) electrons. The van der Waals surface area contributed by atoms with Crippen molar-refractivity contribution >= 4 is 17.5 Å². The number of likely N-dealkylation sites (tertiary alicyclic amines) is 1. The molecule has 27 heavy (non-hydrogen) atoms. The minimum atomic E-state index is -0.00285. The van der Waals surface area contributed by atoms with E-state index >= 15 is 0 Å². The monoisotopic (exact) mass is 369 g/mol. The molecular weight excluding hydrogens is 342 g/mol. The van der Waals surface area contributed by atoms with Crippen LogP contribution in [0.4, 0.5) is 11.6 Å². The van der Waals surface area contributed by atoms with Gasteiger partial charge in [0.05, 0.1) is 13.7 Å². The van der Waals surface area contributed by atoms with E-state index in [9.17, 15) is 4.79 Å². The summed E-state index contributed by atoms with van der Waals surface area (Å²) in [5, 5.41) is 2.94. The third-order valence-electron chi connectivity index (χ3n) is 4.91. The van der Waals surface area contributed by atoms with Gasteiger partial charge in [0.25, 0.3) is 0 Å². The Bertz CT molecular complexity index is 757. The second kappa shape index (κ2) is 8.81. The summed E-state index contributed by atoms with van der Waals surface area (Å²) in [5.74, 6) is 1.49. The SMILES string of the molecule is COc1cccc(NC(=O)CN2CCC(N(C)c3ncc(C)cn3)CC2)c1. The molecule has 7 heteroatoms. The van der Waals surface area contributed by atoms with Crippen LogP contribution in [0, 0.1) is 6.92 Å². The fourth-order valence-electron chi connectivity index (χ4n) is 3.30. The first-order valence-electron chi connectivity index (χ1n) is 9.23. The van der Waals surface area contributed by atoms with Gasteiger partial charge in [-0.25, -0.2) is 9.97 Å². The van der Waals surface area contributed by atoms with Crippen molar-refractivity contribution in [3.8, 4) is 5.75 Å². The quantitative estimate of drug-likeness (QED) is 0.843. The first kappa shape index (κ1) is 19.1. The molecule has 7 nitrogen and oxygen atoms in total. The number of methoxy groups -OCH3 is 1. The number of hydrogen-bond donors (Lipinski definition) is 1. The van der Waals surface area contributed by atoms with Crippen LogP contribution in [0.1, 0.15) is 18.4 Å². The van der Waals surface area contributed by atoms with Crippen molar-refractivity contribution in [2.24, 2.45) is 0 Å². The van der Waals surface area contributed by atoms with Crippen LogP contribution in [0.15, 0.2) is 36.7 Å². The van der Waals surface area contributed by atoms with Crippen LogP contribution >= 0.6 is 0 Å². The van der Waals surface area contributed by atoms with Crippen molar-refractivity contribution in [1.82, 2.24) is 14.9 Å². The summed E-state index contributed by atoms with van der Waals surface area (Å²) < 4.78 is 5.19. The minimum absolute atomic E-state index is 0.00285. The Morgan fingerprint density at radius 1 is 1.30 bits per heavy atom. The first-order valence-corrected chi connectivity index (χ1v) is 9.23. The van der Waals surface area contributed by atoms with Crippen molar-refractivity contribution in [1.29, 1.82) is 0 Å². The molecule has 2 heterocycles. The number of carbonyl (C=O) groups excluding carboxylic acids is 1. The molecule has 1 amide bonds. The summed E-state index contributed by atoms with van der Waals surface area (Å²) in [4.78, 5) is 25.5. The molecule has 0 atom stereocenters. The van der Waals surface area contributed by atoms with Crippen LogP contribution in [0.3, 0.4) is 0 Å². The first-order chi connectivity index (χ1) is 13.0. The van der Waals surface area contributed by atoms with Crippen LogP contribution in [0.2, 0.25) is 0 Å². The second-order valence-corrected chi connectivity index (χ2v) is 6.96. The van der Waals surface area contributed by atoms with E-state index in [2.05, 4.69) is 25.1 Å². The number of aryl methyl sites for hydroxylation is 1. The van der Waals surface area contributed by atoms with E-state index in [4.69, 9.17) is 4.74 Å². The molecule has 2 aromatic rings. The lowest BCUT2D eigenvalue weighted by Gasteiger charge is -2.36. The van der Waals surface area contributed by atoms with Crippen LogP contribution in [-0.2, 0) is 4.79 Å². The van der Waals surface area contributed by atoms with Crippen molar-refractivity contribution in [3.63, 3.8) is 0 Å². The summed E-state index contributed by atoms with van der Waals surface area (Å²) in [6.45, 7) is 4.15. The molecule has 0 saturated carbocycles. The summed E-state index contributed by atoms with van der Waals surface area (Å²) >= 11 is 0. The lowest BCUT2D eigenvalue weighted by molar-refractivity contribution is -0.117. The number of amides is 1. The number of aromatic nitrogens is 2. The second-order valence-electron chi connectivity index (χ2n) is 6.96. The molecule has 1 aliphatic rings. The van der Waals surface area contributed by atoms with E-state index in [1.807, 2.05) is 50.6 Å². The Labute approximate surface area is 160 Å². The Morgan fingerprint density at radius 2 is 2.00 bits per heavy atom. The Balaban J connectivity index is 1.47. The smallest absolute Gasteiger partial charge is 0.238 e. The molecule has 1 N–H and O–H groups in total. The zero-order valence-electron chi connectivity index (χ0n) is 16.2. The largest absolute Gasteiger partial charge is 0.497 e. The van der Waals surface area contributed by atoms with Crippen molar-refractivity contribution in [2.45, 2.75) is 25.8 Å². The molecule has 144 valence electrons. The van der Waals surface area contributed by atoms with Gasteiger partial charge in [0.2, 0.25) is 11.9 Å². The van der Waals surface area contributed by atoms with Gasteiger partial charge in [-0.2, -0.15) is 0 Å². The van der Waals surface area contributed by atoms with Crippen LogP contribution < -0.4 is 15.0 Å². The summed E-state index contributed by atoms with van der Waals surface area (Å²) in [5.41, 5.74) is 1.81. The highest BCUT2D eigenvalue weighted by Crippen LogP contribution is 2.20. The maximum Gasteiger partial charge on any atom is 0.238 e. The molecule has 3 rings (SSSR count). The van der Waals surface area contributed by atoms with Gasteiger partial charge in [-0.3, -0.25) is 9.69 Å². The Morgan fingerprint density at radius 3 is 2.67 bits per heavy atom. The fourth-order valence-corrected chi connectivity index (χ4v) is 3.30. The number of ether oxygens (including phenoxy) is 1. The summed E-state index contributed by atoms with van der Waals surface area (Å²) in [6.07, 6.45) is 5.66. The molecule has 0 spiro atoms. The molecule has 0 aliphatic carbocycles. The normalized spacial score (nSPS) is 15.4. The third kappa shape index (κ3) is 5.17. The van der Waals surface area contributed by atoms with E-state index in [-0.39, 0.29) is 5.91 Å². The highest BCUT2D eigenvalue weighted by Gasteiger charge is 2.25. The Kier molecular flexibility index (Phi) is 6.24. The zero-order chi connectivity index (χ0) is 19.2. The van der Waals surface area contributed by atoms with Gasteiger partial charge in [-0.15, -0.1) is 0 Å². The van der Waals surface area contributed by atoms with Crippen LogP contribution in [0.5, 0.6) is 5.75 Å². The maximum atomic E-state index is 12.3. The van der Waals surface area contributed by atoms with Crippen molar-refractivity contribution in [3.05, 3.63) is 42.2 Å². The van der Waals surface area contributed by atoms with Gasteiger partial charge >= 0.3 is 0 Å². The lowest BCUT2D eigenvalue weighted by Crippen LogP contribution is -2.46. The van der Waals surface area contributed by atoms with E-state index in [0.717, 1.165) is 48.9 Å². The average Bonchev–Trinajstić information content (AvgIpc) is 2.68. The van der Waals surface area contributed by atoms with Gasteiger partial charge in [0.1, 0.15) is 5.75 Å². The van der Waals surface area contributed by atoms with Crippen LogP contribution in [0.25, 0.3) is 0 Å². The molecular formula is C20H27N5O2. The number of benzene rings is 1. The molecule has 0 bridgehead atoms. The number of rotatable bonds is 6. The molecule has 1 fully saturated rings. The molecule has 0 unspecified atom stereocenters. The van der Waals surface area contributed by atoms with E-state index in [1.165, 1.54) is 0 Å². The molecule has 1 aliphatic heterocycles.